The van der Waals surface area contributed by atoms with Gasteiger partial charge in [-0.1, -0.05) is 50.1 Å². The van der Waals surface area contributed by atoms with E-state index in [4.69, 9.17) is 14.2 Å². The molecule has 0 spiro atoms. The number of benzene rings is 1. The van der Waals surface area contributed by atoms with Gasteiger partial charge in [0, 0.05) is 16.7 Å². The summed E-state index contributed by atoms with van der Waals surface area (Å²) in [5.41, 5.74) is 3.66. The van der Waals surface area contributed by atoms with Crippen LogP contribution in [-0.2, 0) is 28.6 Å². The smallest absolute Gasteiger partial charge is 0.338 e. The van der Waals surface area contributed by atoms with Gasteiger partial charge in [0.25, 0.3) is 0 Å². The molecular weight excluding hydrogens is 420 g/mol. The van der Waals surface area contributed by atoms with Crippen LogP contribution in [0.1, 0.15) is 51.7 Å². The molecule has 0 aliphatic carbocycles. The largest absolute Gasteiger partial charge is 0.462 e. The summed E-state index contributed by atoms with van der Waals surface area (Å²) in [4.78, 5) is 35.2. The van der Waals surface area contributed by atoms with Gasteiger partial charge < -0.3 is 14.2 Å². The third kappa shape index (κ3) is 9.56. The molecule has 0 heterocycles. The molecule has 6 nitrogen and oxygen atoms in total. The second-order valence-corrected chi connectivity index (χ2v) is 7.87. The first-order valence-electron chi connectivity index (χ1n) is 10.4. The van der Waals surface area contributed by atoms with Crippen LogP contribution < -0.4 is 0 Å². The molecular formula is C27H32O6. The Balaban J connectivity index is 2.98. The summed E-state index contributed by atoms with van der Waals surface area (Å²) in [6.45, 7) is 19.1. The number of hydrogen-bond donors (Lipinski definition) is 0. The summed E-state index contributed by atoms with van der Waals surface area (Å²) in [5, 5.41) is 0. The maximum absolute atomic E-state index is 11.8. The van der Waals surface area contributed by atoms with Crippen molar-refractivity contribution in [1.82, 2.24) is 0 Å². The van der Waals surface area contributed by atoms with Crippen LogP contribution in [0.25, 0.3) is 5.57 Å². The van der Waals surface area contributed by atoms with E-state index in [1.165, 1.54) is 0 Å². The number of rotatable bonds is 11. The van der Waals surface area contributed by atoms with Crippen molar-refractivity contribution in [1.29, 1.82) is 0 Å². The Hall–Kier alpha value is -3.67. The Morgan fingerprint density at radius 1 is 0.758 bits per heavy atom. The fraction of sp³-hybridized carbons (Fsp3) is 0.296. The molecule has 0 aromatic heterocycles. The van der Waals surface area contributed by atoms with E-state index < -0.39 is 17.9 Å². The first-order chi connectivity index (χ1) is 15.4. The van der Waals surface area contributed by atoms with Gasteiger partial charge in [0.2, 0.25) is 0 Å². The van der Waals surface area contributed by atoms with Crippen LogP contribution in [0.4, 0.5) is 0 Å². The molecule has 0 amide bonds. The van der Waals surface area contributed by atoms with Gasteiger partial charge in [-0.25, -0.2) is 14.4 Å². The molecule has 1 rings (SSSR count). The summed E-state index contributed by atoms with van der Waals surface area (Å²) in [7, 11) is 0. The molecule has 1 aromatic carbocycles. The van der Waals surface area contributed by atoms with Crippen molar-refractivity contribution in [2.75, 3.05) is 13.2 Å². The highest BCUT2D eigenvalue weighted by atomic mass is 16.5. The van der Waals surface area contributed by atoms with Crippen LogP contribution >= 0.6 is 0 Å². The molecule has 0 N–H and O–H groups in total. The molecule has 0 saturated heterocycles. The quantitative estimate of drug-likeness (QED) is 0.146. The zero-order valence-corrected chi connectivity index (χ0v) is 20.0. The van der Waals surface area contributed by atoms with Crippen molar-refractivity contribution in [3.05, 3.63) is 89.8 Å². The number of ether oxygens (including phenoxy) is 3. The zero-order chi connectivity index (χ0) is 25.1. The van der Waals surface area contributed by atoms with Crippen molar-refractivity contribution in [2.45, 2.75) is 40.5 Å². The predicted molar refractivity (Wildman–Crippen MR) is 129 cm³/mol. The van der Waals surface area contributed by atoms with Gasteiger partial charge >= 0.3 is 17.9 Å². The maximum Gasteiger partial charge on any atom is 0.338 e. The first-order valence-corrected chi connectivity index (χ1v) is 10.4. The van der Waals surface area contributed by atoms with Crippen molar-refractivity contribution < 1.29 is 28.6 Å². The minimum atomic E-state index is -0.504. The molecule has 0 saturated carbocycles. The van der Waals surface area contributed by atoms with Gasteiger partial charge in [0.15, 0.2) is 0 Å². The van der Waals surface area contributed by atoms with Gasteiger partial charge in [-0.15, -0.1) is 0 Å². The summed E-state index contributed by atoms with van der Waals surface area (Å²) >= 11 is 0. The average Bonchev–Trinajstić information content (AvgIpc) is 2.76. The van der Waals surface area contributed by atoms with Crippen molar-refractivity contribution in [3.63, 3.8) is 0 Å². The van der Waals surface area contributed by atoms with E-state index >= 15 is 0 Å². The minimum Gasteiger partial charge on any atom is -0.462 e. The third-order valence-corrected chi connectivity index (χ3v) is 4.54. The maximum atomic E-state index is 11.8. The Bertz CT molecular complexity index is 962. The number of carbonyl (C=O) groups is 3. The molecule has 0 fully saturated rings. The van der Waals surface area contributed by atoms with Crippen LogP contribution in [-0.4, -0.2) is 31.1 Å². The van der Waals surface area contributed by atoms with E-state index in [0.717, 1.165) is 16.7 Å². The lowest BCUT2D eigenvalue weighted by Gasteiger charge is -2.18. The average molecular weight is 453 g/mol. The Morgan fingerprint density at radius 2 is 1.21 bits per heavy atom. The highest BCUT2D eigenvalue weighted by molar-refractivity contribution is 5.88. The first kappa shape index (κ1) is 27.4. The van der Waals surface area contributed by atoms with Gasteiger partial charge in [-0.2, -0.15) is 0 Å². The van der Waals surface area contributed by atoms with Gasteiger partial charge in [0.1, 0.15) is 19.0 Å². The number of carbonyl (C=O) groups excluding carboxylic acids is 3. The lowest BCUT2D eigenvalue weighted by atomic mass is 9.97. The van der Waals surface area contributed by atoms with E-state index in [2.05, 4.69) is 19.7 Å². The molecule has 0 bridgehead atoms. The van der Waals surface area contributed by atoms with Gasteiger partial charge in [0.05, 0.1) is 5.92 Å². The van der Waals surface area contributed by atoms with Crippen LogP contribution in [0.15, 0.2) is 78.6 Å². The monoisotopic (exact) mass is 452 g/mol. The van der Waals surface area contributed by atoms with Crippen molar-refractivity contribution in [3.8, 4) is 0 Å². The molecule has 1 aromatic rings. The number of allylic oxidation sites excluding steroid dienone is 4. The SMILES string of the molecule is C=C(C)C(=O)OCC(COC(=O)C(=C)C)c1ccc(/C(C)=C/C=C(\C)OC(=O)C(=C)C)cc1. The van der Waals surface area contributed by atoms with E-state index in [-0.39, 0.29) is 19.1 Å². The second kappa shape index (κ2) is 13.0. The predicted octanol–water partition coefficient (Wildman–Crippen LogP) is 5.44. The van der Waals surface area contributed by atoms with E-state index in [1.54, 1.807) is 33.8 Å². The normalized spacial score (nSPS) is 11.6. The minimum absolute atomic E-state index is 0.0410. The summed E-state index contributed by atoms with van der Waals surface area (Å²) in [6, 6.07) is 7.60. The second-order valence-electron chi connectivity index (χ2n) is 7.87. The molecule has 6 heteroatoms. The van der Waals surface area contributed by atoms with E-state index in [0.29, 0.717) is 22.5 Å². The highest BCUT2D eigenvalue weighted by Crippen LogP contribution is 2.22. The molecule has 0 atom stereocenters. The molecule has 0 radical (unpaired) electrons. The number of hydrogen-bond acceptors (Lipinski definition) is 6. The topological polar surface area (TPSA) is 78.9 Å². The Kier molecular flexibility index (Phi) is 10.8. The molecule has 33 heavy (non-hydrogen) atoms. The summed E-state index contributed by atoms with van der Waals surface area (Å²) < 4.78 is 15.7. The van der Waals surface area contributed by atoms with E-state index in [9.17, 15) is 14.4 Å². The Morgan fingerprint density at radius 3 is 1.64 bits per heavy atom. The van der Waals surface area contributed by atoms with Gasteiger partial charge in [-0.05, 0) is 57.4 Å². The molecule has 176 valence electrons. The third-order valence-electron chi connectivity index (χ3n) is 4.54. The molecule has 0 unspecified atom stereocenters. The lowest BCUT2D eigenvalue weighted by molar-refractivity contribution is -0.142. The fourth-order valence-electron chi connectivity index (χ4n) is 2.46. The van der Waals surface area contributed by atoms with Gasteiger partial charge in [-0.3, -0.25) is 0 Å². The van der Waals surface area contributed by atoms with Crippen LogP contribution in [0, 0.1) is 0 Å². The van der Waals surface area contributed by atoms with Crippen LogP contribution in [0.3, 0.4) is 0 Å². The van der Waals surface area contributed by atoms with Crippen LogP contribution in [0.2, 0.25) is 0 Å². The standard InChI is InChI=1S/C27H32O6/c1-17(2)25(28)31-15-24(16-32-26(29)18(3)4)23-13-11-22(12-14-23)20(7)9-10-21(8)33-27(30)19(5)6/h9-14,24H,1,3,5,15-16H2,2,4,6-8H3/b20-9+,21-10+. The Labute approximate surface area is 195 Å². The summed E-state index contributed by atoms with van der Waals surface area (Å²) in [5.74, 6) is -1.37. The lowest BCUT2D eigenvalue weighted by Crippen LogP contribution is -2.20. The van der Waals surface area contributed by atoms with Crippen molar-refractivity contribution in [2.24, 2.45) is 0 Å². The van der Waals surface area contributed by atoms with Crippen LogP contribution in [0.5, 0.6) is 0 Å². The molecule has 0 aliphatic heterocycles. The summed E-state index contributed by atoms with van der Waals surface area (Å²) in [6.07, 6.45) is 3.55. The van der Waals surface area contributed by atoms with E-state index in [1.807, 2.05) is 37.3 Å². The zero-order valence-electron chi connectivity index (χ0n) is 20.0. The molecule has 0 aliphatic rings. The fourth-order valence-corrected chi connectivity index (χ4v) is 2.46. The van der Waals surface area contributed by atoms with Crippen molar-refractivity contribution >= 4 is 23.5 Å². The highest BCUT2D eigenvalue weighted by Gasteiger charge is 2.18. The number of esters is 3.